The molecule has 54 heavy (non-hydrogen) atoms. The number of carboxylic acid groups (broad SMARTS) is 2. The summed E-state index contributed by atoms with van der Waals surface area (Å²) in [5, 5.41) is 16.7. The third-order valence-corrected chi connectivity index (χ3v) is 11.9. The Labute approximate surface area is 342 Å². The molecule has 0 rings (SSSR count). The van der Waals surface area contributed by atoms with Gasteiger partial charge in [0.05, 0.1) is 54.4 Å². The fourth-order valence-corrected chi connectivity index (χ4v) is 7.20. The van der Waals surface area contributed by atoms with E-state index in [1.165, 1.54) is 266 Å². The van der Waals surface area contributed by atoms with E-state index >= 15 is 0 Å². The molecule has 0 aliphatic rings. The Balaban J connectivity index is -0.000000875. The largest absolute Gasteiger partial charge is 0.652 e. The normalized spacial score (nSPS) is 11.6. The van der Waals surface area contributed by atoms with E-state index in [1.54, 1.807) is 0 Å². The van der Waals surface area contributed by atoms with Gasteiger partial charge in [0, 0.05) is 0 Å². The summed E-state index contributed by atoms with van der Waals surface area (Å²) in [5.41, 5.74) is 0. The maximum Gasteiger partial charge on any atom is 0.0782 e. The van der Waals surface area contributed by atoms with E-state index in [1.807, 2.05) is 0 Å². The lowest BCUT2D eigenvalue weighted by Gasteiger charge is -2.28. The maximum absolute atomic E-state index is 8.33. The molecule has 0 amide bonds. The quantitative estimate of drug-likeness (QED) is 0.0461. The van der Waals surface area contributed by atoms with Crippen LogP contribution in [0.3, 0.4) is 0 Å². The number of quaternary nitrogens is 2. The molecule has 0 aromatic heterocycles. The summed E-state index contributed by atoms with van der Waals surface area (Å²) in [6.45, 7) is 14.4. The molecule has 0 N–H and O–H groups in total. The molecule has 0 saturated heterocycles. The van der Waals surface area contributed by atoms with Crippen molar-refractivity contribution in [2.45, 2.75) is 259 Å². The number of hydrogen-bond donors (Lipinski definition) is 0. The molecule has 0 saturated carbocycles. The third-order valence-electron chi connectivity index (χ3n) is 11.9. The highest BCUT2D eigenvalue weighted by atomic mass is 16.6. The Morgan fingerprint density at radius 3 is 0.556 bits per heavy atom. The summed E-state index contributed by atoms with van der Waals surface area (Å²) in [7, 11) is 9.42. The van der Waals surface area contributed by atoms with Crippen LogP contribution in [-0.4, -0.2) is 69.5 Å². The molecule has 0 atom stereocenters. The molecule has 0 bridgehead atoms. The van der Waals surface area contributed by atoms with Crippen LogP contribution < -0.4 is 10.2 Å². The van der Waals surface area contributed by atoms with Crippen LogP contribution in [0.2, 0.25) is 0 Å². The second kappa shape index (κ2) is 46.6. The van der Waals surface area contributed by atoms with Gasteiger partial charge in [-0.25, -0.2) is 0 Å². The van der Waals surface area contributed by atoms with Gasteiger partial charge in [0.15, 0.2) is 0 Å². The molecule has 0 aromatic rings. The predicted molar refractivity (Wildman–Crippen MR) is 238 cm³/mol. The average molecular weight is 769 g/mol. The average Bonchev–Trinajstić information content (AvgIpc) is 3.14. The first kappa shape index (κ1) is 57.5. The van der Waals surface area contributed by atoms with Crippen LogP contribution in [0.5, 0.6) is 0 Å². The Bertz CT molecular complexity index is 640. The number of rotatable bonds is 40. The lowest BCUT2D eigenvalue weighted by molar-refractivity contribution is -0.888. The first-order valence-electron chi connectivity index (χ1n) is 24.5. The van der Waals surface area contributed by atoms with Crippen LogP contribution >= 0.6 is 0 Å². The molecule has 0 unspecified atom stereocenters. The van der Waals surface area contributed by atoms with Crippen LogP contribution in [0.15, 0.2) is 0 Å². The van der Waals surface area contributed by atoms with E-state index in [0.717, 1.165) is 0 Å². The number of hydrogen-bond acceptors (Lipinski definition) is 3. The van der Waals surface area contributed by atoms with Crippen molar-refractivity contribution in [3.63, 3.8) is 0 Å². The Kier molecular flexibility index (Phi) is 49.6. The van der Waals surface area contributed by atoms with E-state index in [9.17, 15) is 0 Å². The van der Waals surface area contributed by atoms with Crippen molar-refractivity contribution < 1.29 is 24.0 Å². The molecule has 0 spiro atoms. The summed E-state index contributed by atoms with van der Waals surface area (Å²) >= 11 is 0. The summed E-state index contributed by atoms with van der Waals surface area (Å²) in [5.74, 6) is 0. The second-order valence-electron chi connectivity index (χ2n) is 18.2. The first-order valence-corrected chi connectivity index (χ1v) is 24.5. The lowest BCUT2D eigenvalue weighted by Crippen LogP contribution is -2.39. The number of carbonyl (C=O) groups is 1. The molecule has 0 aromatic carbocycles. The van der Waals surface area contributed by atoms with E-state index in [2.05, 4.69) is 55.9 Å². The van der Waals surface area contributed by atoms with Crippen molar-refractivity contribution in [1.82, 2.24) is 0 Å². The van der Waals surface area contributed by atoms with Crippen LogP contribution in [0.4, 0.5) is 4.79 Å². The molecule has 0 aliphatic heterocycles. The molecule has 328 valence electrons. The monoisotopic (exact) mass is 769 g/mol. The van der Waals surface area contributed by atoms with Crippen molar-refractivity contribution >= 4 is 6.16 Å². The van der Waals surface area contributed by atoms with E-state index in [-0.39, 0.29) is 0 Å². The van der Waals surface area contributed by atoms with Gasteiger partial charge in [-0.1, -0.05) is 219 Å². The van der Waals surface area contributed by atoms with E-state index < -0.39 is 6.16 Å². The maximum atomic E-state index is 8.33. The zero-order valence-electron chi connectivity index (χ0n) is 38.9. The molecular weight excluding hydrogens is 665 g/mol. The third kappa shape index (κ3) is 57.9. The van der Waals surface area contributed by atoms with Gasteiger partial charge in [-0.3, -0.25) is 0 Å². The van der Waals surface area contributed by atoms with Crippen molar-refractivity contribution in [1.29, 1.82) is 0 Å². The van der Waals surface area contributed by atoms with Crippen molar-refractivity contribution in [3.8, 4) is 0 Å². The van der Waals surface area contributed by atoms with Gasteiger partial charge in [-0.2, -0.15) is 0 Å². The summed E-state index contributed by atoms with van der Waals surface area (Å²) in [4.78, 5) is 8.33. The van der Waals surface area contributed by atoms with Crippen LogP contribution in [0.25, 0.3) is 0 Å². The Morgan fingerprint density at radius 2 is 0.426 bits per heavy atom. The second-order valence-corrected chi connectivity index (χ2v) is 18.2. The predicted octanol–water partition coefficient (Wildman–Crippen LogP) is 13.8. The minimum absolute atomic E-state index is 1.19. The highest BCUT2D eigenvalue weighted by Crippen LogP contribution is 2.16. The topological polar surface area (TPSA) is 63.2 Å². The van der Waals surface area contributed by atoms with Gasteiger partial charge in [-0.15, -0.1) is 0 Å². The molecule has 0 fully saturated rings. The fourth-order valence-electron chi connectivity index (χ4n) is 7.20. The minimum atomic E-state index is -2.33. The van der Waals surface area contributed by atoms with Gasteiger partial charge in [0.25, 0.3) is 0 Å². The molecule has 5 nitrogen and oxygen atoms in total. The zero-order valence-corrected chi connectivity index (χ0v) is 38.9. The standard InChI is InChI=1S/2C24H52N.CH2O3/c2*1-5-7-8-9-10-11-12-13-14-15-16-17-18-19-20-21-22-23-24-25(3,4)6-2;2-1(3)4/h2*5-24H2,1-4H3;(H2,2,3,4)/q2*+1;/p-2. The van der Waals surface area contributed by atoms with Gasteiger partial charge in [-0.05, 0) is 45.7 Å². The van der Waals surface area contributed by atoms with Crippen LogP contribution in [0.1, 0.15) is 259 Å². The Morgan fingerprint density at radius 1 is 0.296 bits per heavy atom. The minimum Gasteiger partial charge on any atom is -0.652 e. The van der Waals surface area contributed by atoms with Gasteiger partial charge in [0.2, 0.25) is 0 Å². The van der Waals surface area contributed by atoms with Crippen LogP contribution in [0, 0.1) is 0 Å². The number of unbranched alkanes of at least 4 members (excludes halogenated alkanes) is 34. The molecule has 0 aliphatic carbocycles. The van der Waals surface area contributed by atoms with Crippen LogP contribution in [-0.2, 0) is 0 Å². The molecular formula is C49H104N2O3. The van der Waals surface area contributed by atoms with E-state index in [0.29, 0.717) is 0 Å². The smallest absolute Gasteiger partial charge is 0.0782 e. The Hall–Kier alpha value is -0.810. The van der Waals surface area contributed by atoms with Gasteiger partial charge < -0.3 is 24.0 Å². The summed E-state index contributed by atoms with van der Waals surface area (Å²) in [6, 6.07) is 0. The molecule has 0 radical (unpaired) electrons. The first-order chi connectivity index (χ1) is 26.0. The SMILES string of the molecule is CCCCCCCCCCCCCCCCCCCC[N+](C)(C)CC.CCCCCCCCCCCCCCCCCCCC[N+](C)(C)CC.O=C([O-])[O-]. The summed E-state index contributed by atoms with van der Waals surface area (Å²) < 4.78 is 2.39. The fraction of sp³-hybridized carbons (Fsp3) is 0.980. The number of carbonyl (C=O) groups excluding carboxylic acids is 1. The van der Waals surface area contributed by atoms with Gasteiger partial charge in [0.1, 0.15) is 0 Å². The number of nitrogens with zero attached hydrogens (tertiary/aromatic N) is 2. The van der Waals surface area contributed by atoms with E-state index in [4.69, 9.17) is 15.0 Å². The van der Waals surface area contributed by atoms with Crippen molar-refractivity contribution in [2.24, 2.45) is 0 Å². The molecule has 0 heterocycles. The van der Waals surface area contributed by atoms with Gasteiger partial charge >= 0.3 is 0 Å². The van der Waals surface area contributed by atoms with Crippen molar-refractivity contribution in [2.75, 3.05) is 54.4 Å². The highest BCUT2D eigenvalue weighted by molar-refractivity contribution is 5.47. The highest BCUT2D eigenvalue weighted by Gasteiger charge is 2.11. The lowest BCUT2D eigenvalue weighted by atomic mass is 10.0. The zero-order chi connectivity index (χ0) is 40.9. The molecule has 5 heteroatoms. The van der Waals surface area contributed by atoms with Crippen molar-refractivity contribution in [3.05, 3.63) is 0 Å². The summed E-state index contributed by atoms with van der Waals surface area (Å²) in [6.07, 6.45) is 50.4.